The van der Waals surface area contributed by atoms with E-state index in [-0.39, 0.29) is 0 Å². The second-order valence-corrected chi connectivity index (χ2v) is 5.46. The highest BCUT2D eigenvalue weighted by Crippen LogP contribution is 2.22. The molecule has 0 amide bonds. The molecule has 0 bridgehead atoms. The quantitative estimate of drug-likeness (QED) is 0.530. The van der Waals surface area contributed by atoms with Crippen LogP contribution in [0.1, 0.15) is 12.5 Å². The average Bonchev–Trinajstić information content (AvgIpc) is 2.39. The van der Waals surface area contributed by atoms with E-state index in [1.165, 1.54) is 0 Å². The standard InChI is InChI=1S/C15H13ClINO/c1-2-19-15-7-6-11(8-14(15)17)10-18-13-5-3-4-12(16)9-13/h3-10H,2H2,1H3. The Morgan fingerprint density at radius 1 is 1.26 bits per heavy atom. The van der Waals surface area contributed by atoms with Crippen molar-refractivity contribution in [3.05, 3.63) is 56.6 Å². The van der Waals surface area contributed by atoms with Crippen molar-refractivity contribution >= 4 is 46.1 Å². The highest BCUT2D eigenvalue weighted by molar-refractivity contribution is 14.1. The van der Waals surface area contributed by atoms with Crippen LogP contribution in [0.4, 0.5) is 5.69 Å². The van der Waals surface area contributed by atoms with Crippen LogP contribution in [0.5, 0.6) is 5.75 Å². The lowest BCUT2D eigenvalue weighted by Crippen LogP contribution is -1.94. The Morgan fingerprint density at radius 3 is 2.79 bits per heavy atom. The van der Waals surface area contributed by atoms with E-state index in [0.29, 0.717) is 11.6 Å². The fourth-order valence-corrected chi connectivity index (χ4v) is 2.46. The lowest BCUT2D eigenvalue weighted by molar-refractivity contribution is 0.338. The van der Waals surface area contributed by atoms with E-state index in [2.05, 4.69) is 27.6 Å². The van der Waals surface area contributed by atoms with Gasteiger partial charge in [0.25, 0.3) is 0 Å². The van der Waals surface area contributed by atoms with E-state index in [9.17, 15) is 0 Å². The normalized spacial score (nSPS) is 10.9. The molecule has 19 heavy (non-hydrogen) atoms. The number of benzene rings is 2. The Labute approximate surface area is 131 Å². The first-order chi connectivity index (χ1) is 9.19. The molecule has 0 atom stereocenters. The summed E-state index contributed by atoms with van der Waals surface area (Å²) in [5, 5.41) is 0.691. The molecule has 0 heterocycles. The number of hydrogen-bond donors (Lipinski definition) is 0. The van der Waals surface area contributed by atoms with Gasteiger partial charge in [0.15, 0.2) is 0 Å². The molecule has 2 nitrogen and oxygen atoms in total. The highest BCUT2D eigenvalue weighted by atomic mass is 127. The smallest absolute Gasteiger partial charge is 0.132 e. The van der Waals surface area contributed by atoms with Gasteiger partial charge in [-0.05, 0) is 71.5 Å². The minimum atomic E-state index is 0.673. The second kappa shape index (κ2) is 6.91. The van der Waals surface area contributed by atoms with Crippen molar-refractivity contribution in [3.63, 3.8) is 0 Å². The number of halogens is 2. The van der Waals surface area contributed by atoms with Crippen LogP contribution in [-0.2, 0) is 0 Å². The molecule has 2 aromatic carbocycles. The number of nitrogens with zero attached hydrogens (tertiary/aromatic N) is 1. The number of ether oxygens (including phenoxy) is 1. The van der Waals surface area contributed by atoms with Crippen LogP contribution in [0.3, 0.4) is 0 Å². The molecule has 0 spiro atoms. The van der Waals surface area contributed by atoms with Crippen molar-refractivity contribution in [2.75, 3.05) is 6.61 Å². The summed E-state index contributed by atoms with van der Waals surface area (Å²) in [4.78, 5) is 4.40. The van der Waals surface area contributed by atoms with Crippen LogP contribution < -0.4 is 4.74 Å². The second-order valence-electron chi connectivity index (χ2n) is 3.86. The summed E-state index contributed by atoms with van der Waals surface area (Å²) in [6.45, 7) is 2.65. The summed E-state index contributed by atoms with van der Waals surface area (Å²) in [5.41, 5.74) is 1.88. The molecule has 2 aromatic rings. The van der Waals surface area contributed by atoms with Crippen LogP contribution in [0.15, 0.2) is 47.5 Å². The third-order valence-corrected chi connectivity index (χ3v) is 3.50. The third-order valence-electron chi connectivity index (χ3n) is 2.43. The van der Waals surface area contributed by atoms with Gasteiger partial charge >= 0.3 is 0 Å². The fourth-order valence-electron chi connectivity index (χ4n) is 1.58. The molecule has 4 heteroatoms. The van der Waals surface area contributed by atoms with Crippen molar-refractivity contribution in [1.82, 2.24) is 0 Å². The predicted octanol–water partition coefficient (Wildman–Crippen LogP) is 5.09. The maximum absolute atomic E-state index is 5.92. The highest BCUT2D eigenvalue weighted by Gasteiger charge is 2.00. The minimum absolute atomic E-state index is 0.673. The Kier molecular flexibility index (Phi) is 5.22. The van der Waals surface area contributed by atoms with Crippen molar-refractivity contribution in [3.8, 4) is 5.75 Å². The third kappa shape index (κ3) is 4.21. The van der Waals surface area contributed by atoms with Gasteiger partial charge in [-0.3, -0.25) is 4.99 Å². The van der Waals surface area contributed by atoms with E-state index in [0.717, 1.165) is 20.6 Å². The number of aliphatic imine (C=N–C) groups is 1. The van der Waals surface area contributed by atoms with Gasteiger partial charge < -0.3 is 4.74 Å². The first-order valence-corrected chi connectivity index (χ1v) is 7.36. The van der Waals surface area contributed by atoms with Gasteiger partial charge in [-0.25, -0.2) is 0 Å². The molecule has 98 valence electrons. The van der Waals surface area contributed by atoms with Gasteiger partial charge in [0.05, 0.1) is 15.9 Å². The summed E-state index contributed by atoms with van der Waals surface area (Å²) < 4.78 is 6.58. The van der Waals surface area contributed by atoms with E-state index < -0.39 is 0 Å². The van der Waals surface area contributed by atoms with E-state index in [4.69, 9.17) is 16.3 Å². The SMILES string of the molecule is CCOc1ccc(C=Nc2cccc(Cl)c2)cc1I. The summed E-state index contributed by atoms with van der Waals surface area (Å²) in [6, 6.07) is 13.5. The molecule has 0 saturated carbocycles. The maximum Gasteiger partial charge on any atom is 0.132 e. The first kappa shape index (κ1) is 14.3. The van der Waals surface area contributed by atoms with Gasteiger partial charge in [-0.15, -0.1) is 0 Å². The molecule has 0 saturated heterocycles. The Morgan fingerprint density at radius 2 is 2.11 bits per heavy atom. The van der Waals surface area contributed by atoms with Crippen molar-refractivity contribution in [2.24, 2.45) is 4.99 Å². The van der Waals surface area contributed by atoms with Crippen molar-refractivity contribution in [1.29, 1.82) is 0 Å². The molecule has 0 N–H and O–H groups in total. The molecule has 0 unspecified atom stereocenters. The van der Waals surface area contributed by atoms with Crippen LogP contribution >= 0.6 is 34.2 Å². The summed E-state index contributed by atoms with van der Waals surface area (Å²) >= 11 is 8.18. The van der Waals surface area contributed by atoms with Crippen LogP contribution in [0.2, 0.25) is 5.02 Å². The average molecular weight is 386 g/mol. The fraction of sp³-hybridized carbons (Fsp3) is 0.133. The minimum Gasteiger partial charge on any atom is -0.493 e. The van der Waals surface area contributed by atoms with Gasteiger partial charge in [-0.1, -0.05) is 17.7 Å². The van der Waals surface area contributed by atoms with Crippen LogP contribution in [0, 0.1) is 3.57 Å². The maximum atomic E-state index is 5.92. The topological polar surface area (TPSA) is 21.6 Å². The van der Waals surface area contributed by atoms with Gasteiger partial charge in [0.2, 0.25) is 0 Å². The van der Waals surface area contributed by atoms with Gasteiger partial charge in [-0.2, -0.15) is 0 Å². The number of rotatable bonds is 4. The van der Waals surface area contributed by atoms with Gasteiger partial charge in [0, 0.05) is 11.2 Å². The zero-order chi connectivity index (χ0) is 13.7. The molecule has 0 aliphatic heterocycles. The van der Waals surface area contributed by atoms with Crippen molar-refractivity contribution < 1.29 is 4.74 Å². The molecular formula is C15H13ClINO. The molecular weight excluding hydrogens is 373 g/mol. The zero-order valence-corrected chi connectivity index (χ0v) is 13.4. The summed E-state index contributed by atoms with van der Waals surface area (Å²) in [7, 11) is 0. The van der Waals surface area contributed by atoms with Gasteiger partial charge in [0.1, 0.15) is 5.75 Å². The largest absolute Gasteiger partial charge is 0.493 e. The van der Waals surface area contributed by atoms with E-state index in [1.54, 1.807) is 0 Å². The van der Waals surface area contributed by atoms with Crippen molar-refractivity contribution in [2.45, 2.75) is 6.92 Å². The molecule has 2 rings (SSSR count). The summed E-state index contributed by atoms with van der Waals surface area (Å²) in [6.07, 6.45) is 1.82. The Hall–Kier alpha value is -1.07. The first-order valence-electron chi connectivity index (χ1n) is 5.91. The van der Waals surface area contributed by atoms with E-state index in [1.807, 2.05) is 55.6 Å². The molecule has 0 aliphatic carbocycles. The Balaban J connectivity index is 2.17. The van der Waals surface area contributed by atoms with E-state index >= 15 is 0 Å². The molecule has 0 aromatic heterocycles. The summed E-state index contributed by atoms with van der Waals surface area (Å²) in [5.74, 6) is 0.906. The zero-order valence-electron chi connectivity index (χ0n) is 10.4. The molecule has 0 aliphatic rings. The lowest BCUT2D eigenvalue weighted by atomic mass is 10.2. The molecule has 0 fully saturated rings. The predicted molar refractivity (Wildman–Crippen MR) is 89.0 cm³/mol. The number of hydrogen-bond acceptors (Lipinski definition) is 2. The lowest BCUT2D eigenvalue weighted by Gasteiger charge is -2.05. The Bertz CT molecular complexity index is 598. The molecule has 0 radical (unpaired) electrons. The van der Waals surface area contributed by atoms with Crippen LogP contribution in [0.25, 0.3) is 0 Å². The van der Waals surface area contributed by atoms with Crippen LogP contribution in [-0.4, -0.2) is 12.8 Å². The monoisotopic (exact) mass is 385 g/mol.